The Balaban J connectivity index is 1.18. The number of aliphatic imine (C=N–C) groups is 2. The van der Waals surface area contributed by atoms with Crippen LogP contribution in [0, 0.1) is 5.92 Å². The second-order valence-electron chi connectivity index (χ2n) is 10.1. The fourth-order valence-electron chi connectivity index (χ4n) is 5.89. The molecule has 1 aromatic heterocycles. The zero-order valence-electron chi connectivity index (χ0n) is 21.0. The molecule has 2 atom stereocenters. The van der Waals surface area contributed by atoms with Gasteiger partial charge in [0.1, 0.15) is 29.9 Å². The van der Waals surface area contributed by atoms with E-state index in [0.29, 0.717) is 31.1 Å². The third-order valence-electron chi connectivity index (χ3n) is 7.82. The predicted octanol–water partition coefficient (Wildman–Crippen LogP) is 3.18. The van der Waals surface area contributed by atoms with Gasteiger partial charge in [0.25, 0.3) is 5.82 Å². The molecule has 10 heteroatoms. The van der Waals surface area contributed by atoms with Crippen LogP contribution in [-0.4, -0.2) is 69.8 Å². The number of benzene rings is 1. The summed E-state index contributed by atoms with van der Waals surface area (Å²) in [6, 6.07) is 6.05. The molecule has 0 amide bonds. The summed E-state index contributed by atoms with van der Waals surface area (Å²) in [4.78, 5) is 24.7. The minimum atomic E-state index is -0.105. The number of aromatic nitrogens is 2. The number of rotatable bonds is 6. The second-order valence-corrected chi connectivity index (χ2v) is 10.5. The van der Waals surface area contributed by atoms with E-state index in [2.05, 4.69) is 32.0 Å². The van der Waals surface area contributed by atoms with E-state index < -0.39 is 0 Å². The first-order chi connectivity index (χ1) is 18.0. The first kappa shape index (κ1) is 23.9. The lowest BCUT2D eigenvalue weighted by Crippen LogP contribution is -2.40. The predicted molar refractivity (Wildman–Crippen MR) is 143 cm³/mol. The summed E-state index contributed by atoms with van der Waals surface area (Å²) in [5.41, 5.74) is 3.77. The summed E-state index contributed by atoms with van der Waals surface area (Å²) >= 11 is 6.31. The van der Waals surface area contributed by atoms with Crippen molar-refractivity contribution in [2.75, 3.05) is 19.8 Å². The third kappa shape index (κ3) is 4.45. The van der Waals surface area contributed by atoms with Gasteiger partial charge in [0, 0.05) is 30.5 Å². The van der Waals surface area contributed by atoms with Crippen molar-refractivity contribution in [1.82, 2.24) is 20.0 Å². The molecule has 1 N–H and O–H groups in total. The molecular formula is C27H31ClN7O2+. The Labute approximate surface area is 221 Å². The fraction of sp³-hybridized carbons (Fsp3) is 0.444. The Morgan fingerprint density at radius 3 is 3.05 bits per heavy atom. The summed E-state index contributed by atoms with van der Waals surface area (Å²) in [5, 5.41) is 8.14. The lowest BCUT2D eigenvalue weighted by molar-refractivity contribution is -0.486. The van der Waals surface area contributed by atoms with Gasteiger partial charge in [0.05, 0.1) is 42.9 Å². The monoisotopic (exact) mass is 520 g/mol. The summed E-state index contributed by atoms with van der Waals surface area (Å²) in [5.74, 6) is 2.76. The van der Waals surface area contributed by atoms with E-state index in [1.165, 1.54) is 0 Å². The van der Waals surface area contributed by atoms with Crippen molar-refractivity contribution in [3.05, 3.63) is 57.8 Å². The number of ether oxygens (including phenoxy) is 1. The lowest BCUT2D eigenvalue weighted by atomic mass is 9.80. The van der Waals surface area contributed by atoms with Crippen molar-refractivity contribution in [3.8, 4) is 5.75 Å². The molecule has 3 aliphatic heterocycles. The van der Waals surface area contributed by atoms with Crippen LogP contribution in [0.3, 0.4) is 0 Å². The smallest absolute Gasteiger partial charge is 0.298 e. The second kappa shape index (κ2) is 9.78. The molecule has 1 aliphatic carbocycles. The summed E-state index contributed by atoms with van der Waals surface area (Å²) in [7, 11) is 1.87. The van der Waals surface area contributed by atoms with Gasteiger partial charge in [0.2, 0.25) is 0 Å². The molecule has 0 saturated carbocycles. The number of ketones is 1. The van der Waals surface area contributed by atoms with Crippen LogP contribution in [0.1, 0.15) is 47.3 Å². The van der Waals surface area contributed by atoms with Crippen LogP contribution in [-0.2, 0) is 19.9 Å². The number of nitrogens with one attached hydrogen (secondary N) is 1. The normalized spacial score (nSPS) is 23.1. The van der Waals surface area contributed by atoms with Crippen molar-refractivity contribution in [2.24, 2.45) is 23.0 Å². The van der Waals surface area contributed by atoms with Crippen LogP contribution in [0.25, 0.3) is 0 Å². The number of fused-ring (bicyclic) bond motifs is 3. The van der Waals surface area contributed by atoms with Gasteiger partial charge >= 0.3 is 0 Å². The van der Waals surface area contributed by atoms with E-state index >= 15 is 0 Å². The standard InChI is InChI=1S/C27H31ClN7O2/c1-33-16-31-25-12-22(29-15-30-25)27(33)35-10-4-5-18(35)14-37-24-7-3-6-20-19(24)9-8-17(26(20)36)11-23-21(28)13-32-34(23)2/h3,6-7,13,15,17-18H,1,4-5,8-12,14,16H2,2H3,(H,29,30,31)/q+1. The molecule has 0 spiro atoms. The highest BCUT2D eigenvalue weighted by molar-refractivity contribution is 6.31. The number of nitrogens with zero attached hydrogens (tertiary/aromatic N) is 6. The molecule has 0 radical (unpaired) electrons. The number of hydrogen-bond acceptors (Lipinski definition) is 7. The van der Waals surface area contributed by atoms with Gasteiger partial charge < -0.3 is 10.1 Å². The first-order valence-corrected chi connectivity index (χ1v) is 13.2. The Bertz CT molecular complexity index is 1340. The maximum atomic E-state index is 13.4. The molecule has 2 unspecified atom stereocenters. The van der Waals surface area contributed by atoms with E-state index in [1.807, 2.05) is 29.8 Å². The van der Waals surface area contributed by atoms with Gasteiger partial charge in [-0.25, -0.2) is 14.6 Å². The zero-order valence-corrected chi connectivity index (χ0v) is 21.7. The Hall–Kier alpha value is -3.46. The van der Waals surface area contributed by atoms with Crippen LogP contribution in [0.2, 0.25) is 5.02 Å². The van der Waals surface area contributed by atoms with Gasteiger partial charge in [-0.05, 0) is 31.7 Å². The van der Waals surface area contributed by atoms with Gasteiger partial charge in [-0.1, -0.05) is 23.7 Å². The fourth-order valence-corrected chi connectivity index (χ4v) is 6.13. The topological polar surface area (TPSA) is 87.1 Å². The van der Waals surface area contributed by atoms with Crippen molar-refractivity contribution in [2.45, 2.75) is 44.6 Å². The minimum Gasteiger partial charge on any atom is -0.489 e. The van der Waals surface area contributed by atoms with E-state index in [9.17, 15) is 4.79 Å². The number of aryl methyl sites for hydroxylation is 1. The molecule has 9 nitrogen and oxygen atoms in total. The van der Waals surface area contributed by atoms with Gasteiger partial charge in [0.15, 0.2) is 12.5 Å². The maximum Gasteiger partial charge on any atom is 0.298 e. The number of Topliss-reactive ketones (excluding diaryl/α,β-unsaturated/α-hetero) is 1. The molecule has 2 bridgehead atoms. The van der Waals surface area contributed by atoms with Crippen LogP contribution < -0.4 is 10.1 Å². The molecule has 37 heavy (non-hydrogen) atoms. The molecule has 4 heterocycles. The third-order valence-corrected chi connectivity index (χ3v) is 8.14. The van der Waals surface area contributed by atoms with Crippen molar-refractivity contribution >= 4 is 36.3 Å². The molecular weight excluding hydrogens is 490 g/mol. The Morgan fingerprint density at radius 1 is 1.32 bits per heavy atom. The van der Waals surface area contributed by atoms with Crippen LogP contribution >= 0.6 is 11.6 Å². The highest BCUT2D eigenvalue weighted by Crippen LogP contribution is 2.35. The van der Waals surface area contributed by atoms with Crippen molar-refractivity contribution in [3.63, 3.8) is 0 Å². The summed E-state index contributed by atoms with van der Waals surface area (Å²) in [6.45, 7) is 6.22. The van der Waals surface area contributed by atoms with Gasteiger partial charge in [-0.3, -0.25) is 14.4 Å². The lowest BCUT2D eigenvalue weighted by Gasteiger charge is -2.27. The quantitative estimate of drug-likeness (QED) is 0.591. The van der Waals surface area contributed by atoms with Crippen LogP contribution in [0.5, 0.6) is 5.75 Å². The van der Waals surface area contributed by atoms with Crippen molar-refractivity contribution in [1.29, 1.82) is 0 Å². The average molecular weight is 521 g/mol. The van der Waals surface area contributed by atoms with Crippen molar-refractivity contribution < 1.29 is 14.1 Å². The number of carbonyl (C=O) groups excluding carboxylic acids is 1. The molecule has 192 valence electrons. The van der Waals surface area contributed by atoms with E-state index in [-0.39, 0.29) is 17.7 Å². The molecule has 1 fully saturated rings. The van der Waals surface area contributed by atoms with Crippen LogP contribution in [0.4, 0.5) is 0 Å². The van der Waals surface area contributed by atoms with E-state index in [4.69, 9.17) is 16.3 Å². The molecule has 1 saturated heterocycles. The maximum absolute atomic E-state index is 13.4. The van der Waals surface area contributed by atoms with E-state index in [1.54, 1.807) is 17.2 Å². The Kier molecular flexibility index (Phi) is 6.32. The number of carbonyl (C=O) groups is 1. The zero-order chi connectivity index (χ0) is 25.5. The molecule has 1 aromatic carbocycles. The van der Waals surface area contributed by atoms with E-state index in [0.717, 1.165) is 72.2 Å². The highest BCUT2D eigenvalue weighted by Gasteiger charge is 2.39. The average Bonchev–Trinajstić information content (AvgIpc) is 3.47. The summed E-state index contributed by atoms with van der Waals surface area (Å²) < 4.78 is 10.1. The molecule has 2 aromatic rings. The highest BCUT2D eigenvalue weighted by atomic mass is 35.5. The molecule has 4 aliphatic rings. The number of halogens is 1. The number of amidine groups is 1. The minimum absolute atomic E-state index is 0.105. The first-order valence-electron chi connectivity index (χ1n) is 12.8. The largest absolute Gasteiger partial charge is 0.489 e. The molecule has 6 rings (SSSR count). The SMILES string of the molecule is C=[N+]1CN=C2CC(=C1N1CCCC1COc1cccc3c1CCC(Cc1c(Cl)cnn1C)C3=O)NC=N2. The van der Waals surface area contributed by atoms with Crippen LogP contribution in [0.15, 0.2) is 45.9 Å². The Morgan fingerprint density at radius 2 is 2.22 bits per heavy atom. The van der Waals surface area contributed by atoms with Gasteiger partial charge in [-0.2, -0.15) is 5.10 Å². The summed E-state index contributed by atoms with van der Waals surface area (Å²) in [6.07, 6.45) is 8.32. The number of hydrogen-bond donors (Lipinski definition) is 1. The van der Waals surface area contributed by atoms with Gasteiger partial charge in [-0.15, -0.1) is 0 Å². The number of likely N-dealkylation sites (tertiary alicyclic amines) is 1.